The Labute approximate surface area is 140 Å². The summed E-state index contributed by atoms with van der Waals surface area (Å²) in [6.07, 6.45) is 1.63. The molecule has 2 saturated heterocycles. The van der Waals surface area contributed by atoms with E-state index in [-0.39, 0.29) is 23.7 Å². The Balaban J connectivity index is 1.44. The molecule has 0 saturated carbocycles. The molecule has 6 nitrogen and oxygen atoms in total. The quantitative estimate of drug-likeness (QED) is 0.867. The van der Waals surface area contributed by atoms with Crippen LogP contribution in [0.2, 0.25) is 0 Å². The van der Waals surface area contributed by atoms with Crippen molar-refractivity contribution in [2.75, 3.05) is 37.6 Å². The highest BCUT2D eigenvalue weighted by atomic mass is 19.1. The fourth-order valence-electron chi connectivity index (χ4n) is 3.41. The van der Waals surface area contributed by atoms with Crippen molar-refractivity contribution in [2.45, 2.75) is 12.8 Å². The van der Waals surface area contributed by atoms with E-state index in [1.54, 1.807) is 17.0 Å². The van der Waals surface area contributed by atoms with Crippen LogP contribution in [-0.4, -0.2) is 49.6 Å². The number of likely N-dealkylation sites (tertiary alicyclic amines) is 1. The number of hydrogen-bond acceptors (Lipinski definition) is 3. The maximum Gasteiger partial charge on any atom is 0.317 e. The van der Waals surface area contributed by atoms with Gasteiger partial charge in [-0.15, -0.1) is 0 Å². The number of benzene rings is 1. The van der Waals surface area contributed by atoms with Crippen molar-refractivity contribution in [3.63, 3.8) is 0 Å². The molecule has 0 aromatic heterocycles. The first kappa shape index (κ1) is 16.5. The Morgan fingerprint density at radius 2 is 1.92 bits per heavy atom. The molecule has 3 amide bonds. The van der Waals surface area contributed by atoms with Crippen LogP contribution < -0.4 is 16.0 Å². The maximum atomic E-state index is 13.0. The smallest absolute Gasteiger partial charge is 0.317 e. The minimum Gasteiger partial charge on any atom is -0.371 e. The zero-order chi connectivity index (χ0) is 17.1. The Bertz CT molecular complexity index is 607. The van der Waals surface area contributed by atoms with Crippen LogP contribution in [0.5, 0.6) is 0 Å². The monoisotopic (exact) mass is 334 g/mol. The number of nitrogens with zero attached hydrogens (tertiary/aromatic N) is 2. The number of primary amides is 1. The first-order valence-electron chi connectivity index (χ1n) is 8.35. The molecule has 0 spiro atoms. The summed E-state index contributed by atoms with van der Waals surface area (Å²) in [6.45, 7) is 3.34. The van der Waals surface area contributed by atoms with Crippen LogP contribution in [0.25, 0.3) is 0 Å². The molecule has 2 aliphatic heterocycles. The number of nitrogens with two attached hydrogens (primary N) is 1. The van der Waals surface area contributed by atoms with Crippen molar-refractivity contribution in [1.82, 2.24) is 10.2 Å². The van der Waals surface area contributed by atoms with Gasteiger partial charge in [0.15, 0.2) is 0 Å². The SMILES string of the molecule is NC(=O)[C@H]1CCN(C(=O)NC[C@H]2CCN(c3ccc(F)cc3)C2)C1. The fraction of sp³-hybridized carbons (Fsp3) is 0.529. The molecule has 2 atom stereocenters. The van der Waals surface area contributed by atoms with Crippen LogP contribution in [0.15, 0.2) is 24.3 Å². The molecule has 0 unspecified atom stereocenters. The lowest BCUT2D eigenvalue weighted by Crippen LogP contribution is -2.41. The van der Waals surface area contributed by atoms with Crippen LogP contribution in [0.4, 0.5) is 14.9 Å². The highest BCUT2D eigenvalue weighted by Gasteiger charge is 2.30. The van der Waals surface area contributed by atoms with E-state index in [0.29, 0.717) is 32.0 Å². The summed E-state index contributed by atoms with van der Waals surface area (Å²) in [4.78, 5) is 27.2. The third-order valence-corrected chi connectivity index (χ3v) is 4.90. The molecule has 0 bridgehead atoms. The normalized spacial score (nSPS) is 23.5. The molecule has 24 heavy (non-hydrogen) atoms. The van der Waals surface area contributed by atoms with Crippen LogP contribution in [0.3, 0.4) is 0 Å². The summed E-state index contributed by atoms with van der Waals surface area (Å²) in [5.41, 5.74) is 6.30. The predicted molar refractivity (Wildman–Crippen MR) is 89.0 cm³/mol. The van der Waals surface area contributed by atoms with Crippen molar-refractivity contribution in [3.05, 3.63) is 30.1 Å². The molecule has 7 heteroatoms. The summed E-state index contributed by atoms with van der Waals surface area (Å²) >= 11 is 0. The Hall–Kier alpha value is -2.31. The van der Waals surface area contributed by atoms with Gasteiger partial charge in [0.2, 0.25) is 5.91 Å². The van der Waals surface area contributed by atoms with Gasteiger partial charge in [-0.05, 0) is 43.0 Å². The molecule has 1 aromatic rings. The molecule has 3 N–H and O–H groups in total. The van der Waals surface area contributed by atoms with Gasteiger partial charge in [0.05, 0.1) is 5.92 Å². The maximum absolute atomic E-state index is 13.0. The van der Waals surface area contributed by atoms with Crippen molar-refractivity contribution in [1.29, 1.82) is 0 Å². The molecule has 2 heterocycles. The molecular formula is C17H23FN4O2. The van der Waals surface area contributed by atoms with E-state index in [1.807, 2.05) is 0 Å². The third-order valence-electron chi connectivity index (χ3n) is 4.90. The zero-order valence-electron chi connectivity index (χ0n) is 13.6. The van der Waals surface area contributed by atoms with E-state index in [4.69, 9.17) is 5.73 Å². The van der Waals surface area contributed by atoms with Crippen LogP contribution in [-0.2, 0) is 4.79 Å². The largest absolute Gasteiger partial charge is 0.371 e. The van der Waals surface area contributed by atoms with Gasteiger partial charge in [-0.1, -0.05) is 0 Å². The summed E-state index contributed by atoms with van der Waals surface area (Å²) in [7, 11) is 0. The van der Waals surface area contributed by atoms with E-state index in [9.17, 15) is 14.0 Å². The zero-order valence-corrected chi connectivity index (χ0v) is 13.6. The van der Waals surface area contributed by atoms with Gasteiger partial charge >= 0.3 is 6.03 Å². The Kier molecular flexibility index (Phi) is 4.87. The fourth-order valence-corrected chi connectivity index (χ4v) is 3.41. The van der Waals surface area contributed by atoms with Gasteiger partial charge in [-0.3, -0.25) is 4.79 Å². The Morgan fingerprint density at radius 3 is 2.58 bits per heavy atom. The average Bonchev–Trinajstić information content (AvgIpc) is 3.23. The predicted octanol–water partition coefficient (Wildman–Crippen LogP) is 1.17. The molecular weight excluding hydrogens is 311 g/mol. The second kappa shape index (κ2) is 7.07. The van der Waals surface area contributed by atoms with Crippen molar-refractivity contribution in [2.24, 2.45) is 17.6 Å². The van der Waals surface area contributed by atoms with Gasteiger partial charge in [0.1, 0.15) is 5.82 Å². The van der Waals surface area contributed by atoms with Crippen molar-refractivity contribution in [3.8, 4) is 0 Å². The lowest BCUT2D eigenvalue weighted by atomic mass is 10.1. The molecule has 0 radical (unpaired) electrons. The second-order valence-electron chi connectivity index (χ2n) is 6.60. The minimum absolute atomic E-state index is 0.126. The molecule has 1 aromatic carbocycles. The van der Waals surface area contributed by atoms with E-state index in [1.165, 1.54) is 12.1 Å². The molecule has 0 aliphatic carbocycles. The van der Waals surface area contributed by atoms with Crippen LogP contribution >= 0.6 is 0 Å². The standard InChI is InChI=1S/C17H23FN4O2/c18-14-1-3-15(4-2-14)21-7-5-12(10-21)9-20-17(24)22-8-6-13(11-22)16(19)23/h1-4,12-13H,5-11H2,(H2,19,23)(H,20,24)/t12-,13+/m1/s1. The molecule has 3 rings (SSSR count). The summed E-state index contributed by atoms with van der Waals surface area (Å²) in [5.74, 6) is -0.428. The third kappa shape index (κ3) is 3.77. The lowest BCUT2D eigenvalue weighted by molar-refractivity contribution is -0.121. The van der Waals surface area contributed by atoms with Crippen LogP contribution in [0, 0.1) is 17.7 Å². The van der Waals surface area contributed by atoms with Gasteiger partial charge in [-0.25, -0.2) is 9.18 Å². The van der Waals surface area contributed by atoms with E-state index in [2.05, 4.69) is 10.2 Å². The van der Waals surface area contributed by atoms with Crippen molar-refractivity contribution < 1.29 is 14.0 Å². The van der Waals surface area contributed by atoms with Crippen LogP contribution in [0.1, 0.15) is 12.8 Å². The first-order valence-corrected chi connectivity index (χ1v) is 8.35. The Morgan fingerprint density at radius 1 is 1.17 bits per heavy atom. The van der Waals surface area contributed by atoms with E-state index >= 15 is 0 Å². The van der Waals surface area contributed by atoms with Gasteiger partial charge in [-0.2, -0.15) is 0 Å². The molecule has 130 valence electrons. The molecule has 2 fully saturated rings. The summed E-state index contributed by atoms with van der Waals surface area (Å²) in [5, 5.41) is 2.96. The number of nitrogens with one attached hydrogen (secondary N) is 1. The number of hydrogen-bond donors (Lipinski definition) is 2. The number of anilines is 1. The highest BCUT2D eigenvalue weighted by molar-refractivity contribution is 5.80. The number of rotatable bonds is 4. The van der Waals surface area contributed by atoms with Gasteiger partial charge < -0.3 is 20.9 Å². The lowest BCUT2D eigenvalue weighted by Gasteiger charge is -2.20. The highest BCUT2D eigenvalue weighted by Crippen LogP contribution is 2.23. The first-order chi connectivity index (χ1) is 11.5. The number of carbonyl (C=O) groups is 2. The van der Waals surface area contributed by atoms with E-state index in [0.717, 1.165) is 25.2 Å². The topological polar surface area (TPSA) is 78.7 Å². The number of amides is 3. The van der Waals surface area contributed by atoms with Crippen molar-refractivity contribution >= 4 is 17.6 Å². The average molecular weight is 334 g/mol. The summed E-state index contributed by atoms with van der Waals surface area (Å²) < 4.78 is 13.0. The number of urea groups is 1. The molecule has 2 aliphatic rings. The van der Waals surface area contributed by atoms with Gasteiger partial charge in [0, 0.05) is 38.4 Å². The minimum atomic E-state index is -0.337. The van der Waals surface area contributed by atoms with E-state index < -0.39 is 0 Å². The second-order valence-corrected chi connectivity index (χ2v) is 6.60. The summed E-state index contributed by atoms with van der Waals surface area (Å²) in [6, 6.07) is 6.37. The van der Waals surface area contributed by atoms with Gasteiger partial charge in [0.25, 0.3) is 0 Å². The number of halogens is 1. The number of carbonyl (C=O) groups excluding carboxylic acids is 2.